The van der Waals surface area contributed by atoms with Crippen LogP contribution in [0, 0.1) is 11.8 Å². The van der Waals surface area contributed by atoms with Gasteiger partial charge in [0.05, 0.1) is 0 Å². The zero-order valence-electron chi connectivity index (χ0n) is 12.6. The molecule has 2 N–H and O–H groups in total. The van der Waals surface area contributed by atoms with Crippen molar-refractivity contribution in [3.05, 3.63) is 0 Å². The van der Waals surface area contributed by atoms with E-state index in [0.29, 0.717) is 17.9 Å². The Labute approximate surface area is 117 Å². The summed E-state index contributed by atoms with van der Waals surface area (Å²) >= 11 is 0. The summed E-state index contributed by atoms with van der Waals surface area (Å²) in [7, 11) is 0. The van der Waals surface area contributed by atoms with Crippen molar-refractivity contribution in [3.63, 3.8) is 0 Å². The van der Waals surface area contributed by atoms with Gasteiger partial charge in [-0.15, -0.1) is 0 Å². The summed E-state index contributed by atoms with van der Waals surface area (Å²) < 4.78 is 0. The molecule has 3 nitrogen and oxygen atoms in total. The van der Waals surface area contributed by atoms with E-state index >= 15 is 0 Å². The highest BCUT2D eigenvalue weighted by atomic mass is 16.2. The highest BCUT2D eigenvalue weighted by Gasteiger charge is 2.33. The Hall–Kier alpha value is -0.570. The van der Waals surface area contributed by atoms with Crippen LogP contribution in [0.15, 0.2) is 0 Å². The second-order valence-electron chi connectivity index (χ2n) is 6.95. The van der Waals surface area contributed by atoms with Crippen molar-refractivity contribution in [2.24, 2.45) is 17.6 Å². The largest absolute Gasteiger partial charge is 0.339 e. The molecular formula is C16H30N2O. The highest BCUT2D eigenvalue weighted by Crippen LogP contribution is 2.30. The van der Waals surface area contributed by atoms with Crippen molar-refractivity contribution in [1.82, 2.24) is 4.90 Å². The Morgan fingerprint density at radius 3 is 2.42 bits per heavy atom. The first kappa shape index (κ1) is 14.8. The van der Waals surface area contributed by atoms with E-state index < -0.39 is 0 Å². The molecule has 2 rings (SSSR count). The van der Waals surface area contributed by atoms with Crippen molar-refractivity contribution in [2.75, 3.05) is 6.54 Å². The van der Waals surface area contributed by atoms with E-state index in [1.165, 1.54) is 25.7 Å². The van der Waals surface area contributed by atoms with Gasteiger partial charge in [0.15, 0.2) is 0 Å². The molecule has 0 saturated heterocycles. The van der Waals surface area contributed by atoms with Gasteiger partial charge in [0.2, 0.25) is 5.91 Å². The van der Waals surface area contributed by atoms with Gasteiger partial charge in [0.1, 0.15) is 0 Å². The predicted molar refractivity (Wildman–Crippen MR) is 78.7 cm³/mol. The lowest BCUT2D eigenvalue weighted by Crippen LogP contribution is -2.46. The Morgan fingerprint density at radius 1 is 1.16 bits per heavy atom. The monoisotopic (exact) mass is 266 g/mol. The maximum absolute atomic E-state index is 12.8. The maximum atomic E-state index is 12.8. The van der Waals surface area contributed by atoms with Crippen LogP contribution in [-0.2, 0) is 4.79 Å². The lowest BCUT2D eigenvalue weighted by molar-refractivity contribution is -0.139. The standard InChI is InChI=1S/C16H30N2O/c1-12(2)11-18(15-8-3-4-9-15)16(19)13-6-5-7-14(17)10-13/h12-15H,3-11,17H2,1-2H3. The van der Waals surface area contributed by atoms with Gasteiger partial charge in [-0.1, -0.05) is 33.1 Å². The molecule has 0 aromatic rings. The van der Waals surface area contributed by atoms with Crippen molar-refractivity contribution < 1.29 is 4.79 Å². The molecule has 2 aliphatic rings. The Balaban J connectivity index is 2.01. The topological polar surface area (TPSA) is 46.3 Å². The summed E-state index contributed by atoms with van der Waals surface area (Å²) in [5, 5.41) is 0. The summed E-state index contributed by atoms with van der Waals surface area (Å²) in [4.78, 5) is 15.0. The minimum atomic E-state index is 0.197. The molecule has 2 unspecified atom stereocenters. The first-order chi connectivity index (χ1) is 9.08. The van der Waals surface area contributed by atoms with E-state index in [9.17, 15) is 4.79 Å². The lowest BCUT2D eigenvalue weighted by Gasteiger charge is -2.36. The van der Waals surface area contributed by atoms with Crippen LogP contribution in [0.2, 0.25) is 0 Å². The molecule has 2 aliphatic carbocycles. The number of hydrogen-bond acceptors (Lipinski definition) is 2. The molecule has 1 amide bonds. The third kappa shape index (κ3) is 3.95. The van der Waals surface area contributed by atoms with Crippen LogP contribution in [0.1, 0.15) is 65.2 Å². The Kier molecular flexibility index (Phi) is 5.26. The summed E-state index contributed by atoms with van der Waals surface area (Å²) in [5.74, 6) is 1.15. The number of hydrogen-bond donors (Lipinski definition) is 1. The van der Waals surface area contributed by atoms with Crippen molar-refractivity contribution in [1.29, 1.82) is 0 Å². The van der Waals surface area contributed by atoms with Gasteiger partial charge < -0.3 is 10.6 Å². The number of carbonyl (C=O) groups excluding carboxylic acids is 1. The fraction of sp³-hybridized carbons (Fsp3) is 0.938. The van der Waals surface area contributed by atoms with Crippen LogP contribution in [-0.4, -0.2) is 29.4 Å². The fourth-order valence-corrected chi connectivity index (χ4v) is 3.71. The van der Waals surface area contributed by atoms with Gasteiger partial charge in [-0.3, -0.25) is 4.79 Å². The summed E-state index contributed by atoms with van der Waals surface area (Å²) in [6.07, 6.45) is 9.16. The molecule has 0 aromatic carbocycles. The number of rotatable bonds is 4. The normalized spacial score (nSPS) is 28.8. The third-order valence-corrected chi connectivity index (χ3v) is 4.67. The van der Waals surface area contributed by atoms with Crippen molar-refractivity contribution in [2.45, 2.75) is 77.3 Å². The van der Waals surface area contributed by atoms with Gasteiger partial charge in [-0.2, -0.15) is 0 Å². The summed E-state index contributed by atoms with van der Waals surface area (Å²) in [5.41, 5.74) is 6.05. The minimum absolute atomic E-state index is 0.197. The molecule has 0 aromatic heterocycles. The lowest BCUT2D eigenvalue weighted by atomic mass is 9.85. The van der Waals surface area contributed by atoms with E-state index in [1.807, 2.05) is 0 Å². The molecule has 0 bridgehead atoms. The summed E-state index contributed by atoms with van der Waals surface area (Å²) in [6.45, 7) is 5.35. The molecule has 0 spiro atoms. The molecule has 0 heterocycles. The van der Waals surface area contributed by atoms with Crippen LogP contribution in [0.5, 0.6) is 0 Å². The SMILES string of the molecule is CC(C)CN(C(=O)C1CCCC(N)C1)C1CCCC1. The van der Waals surface area contributed by atoms with Crippen LogP contribution in [0.3, 0.4) is 0 Å². The average Bonchev–Trinajstić information content (AvgIpc) is 2.88. The fourth-order valence-electron chi connectivity index (χ4n) is 3.71. The van der Waals surface area contributed by atoms with Gasteiger partial charge >= 0.3 is 0 Å². The molecule has 2 fully saturated rings. The minimum Gasteiger partial charge on any atom is -0.339 e. The second-order valence-corrected chi connectivity index (χ2v) is 6.95. The molecule has 3 heteroatoms. The Bertz CT molecular complexity index is 297. The summed E-state index contributed by atoms with van der Waals surface area (Å²) in [6, 6.07) is 0.750. The van der Waals surface area contributed by atoms with E-state index in [4.69, 9.17) is 5.73 Å². The van der Waals surface area contributed by atoms with Crippen LogP contribution < -0.4 is 5.73 Å². The maximum Gasteiger partial charge on any atom is 0.225 e. The number of nitrogens with two attached hydrogens (primary N) is 1. The quantitative estimate of drug-likeness (QED) is 0.850. The number of nitrogens with zero attached hydrogens (tertiary/aromatic N) is 1. The zero-order chi connectivity index (χ0) is 13.8. The van der Waals surface area contributed by atoms with Crippen LogP contribution in [0.4, 0.5) is 0 Å². The molecule has 0 aliphatic heterocycles. The average molecular weight is 266 g/mol. The van der Waals surface area contributed by atoms with E-state index in [-0.39, 0.29) is 12.0 Å². The molecule has 2 saturated carbocycles. The molecule has 2 atom stereocenters. The predicted octanol–water partition coefficient (Wildman–Crippen LogP) is 2.93. The third-order valence-electron chi connectivity index (χ3n) is 4.67. The van der Waals surface area contributed by atoms with Gasteiger partial charge in [-0.05, 0) is 38.0 Å². The first-order valence-corrected chi connectivity index (χ1v) is 8.14. The van der Waals surface area contributed by atoms with Gasteiger partial charge in [0.25, 0.3) is 0 Å². The molecular weight excluding hydrogens is 236 g/mol. The molecule has 110 valence electrons. The van der Waals surface area contributed by atoms with E-state index in [2.05, 4.69) is 18.7 Å². The van der Waals surface area contributed by atoms with Gasteiger partial charge in [0, 0.05) is 24.5 Å². The molecule has 0 radical (unpaired) electrons. The first-order valence-electron chi connectivity index (χ1n) is 8.14. The van der Waals surface area contributed by atoms with Gasteiger partial charge in [-0.25, -0.2) is 0 Å². The highest BCUT2D eigenvalue weighted by molar-refractivity contribution is 5.79. The Morgan fingerprint density at radius 2 is 1.84 bits per heavy atom. The van der Waals surface area contributed by atoms with Crippen LogP contribution >= 0.6 is 0 Å². The van der Waals surface area contributed by atoms with Crippen molar-refractivity contribution in [3.8, 4) is 0 Å². The smallest absolute Gasteiger partial charge is 0.225 e. The van der Waals surface area contributed by atoms with Crippen LogP contribution in [0.25, 0.3) is 0 Å². The second kappa shape index (κ2) is 6.74. The van der Waals surface area contributed by atoms with E-state index in [0.717, 1.165) is 32.2 Å². The molecule has 19 heavy (non-hydrogen) atoms. The van der Waals surface area contributed by atoms with E-state index in [1.54, 1.807) is 0 Å². The zero-order valence-corrected chi connectivity index (χ0v) is 12.6. The number of carbonyl (C=O) groups is 1. The number of amides is 1. The van der Waals surface area contributed by atoms with Crippen molar-refractivity contribution >= 4 is 5.91 Å².